The second kappa shape index (κ2) is 7.28. The summed E-state index contributed by atoms with van der Waals surface area (Å²) in [6.45, 7) is 15.4. The Morgan fingerprint density at radius 3 is 2.29 bits per heavy atom. The van der Waals surface area contributed by atoms with Gasteiger partial charge in [0.2, 0.25) is 0 Å². The highest BCUT2D eigenvalue weighted by molar-refractivity contribution is 6.24. The topological polar surface area (TPSA) is 94.8 Å². The molecular weight excluding hydrogens is 392 g/mol. The number of hydrogen-bond donors (Lipinski definition) is 3. The van der Waals surface area contributed by atoms with E-state index >= 15 is 0 Å². The molecule has 174 valence electrons. The van der Waals surface area contributed by atoms with Crippen LogP contribution in [0.4, 0.5) is 0 Å². The highest BCUT2D eigenvalue weighted by atomic mass is 16.3. The minimum absolute atomic E-state index is 0.0521. The SMILES string of the molecule is CC(C)=CCC12C[C@H]3C(C)(C)[C@@H](C(C)(C)O)C[C@@]3(C(=O)C(C(=O)CC(C)C)=C1O)C2O. The van der Waals surface area contributed by atoms with E-state index in [0.717, 1.165) is 5.57 Å². The largest absolute Gasteiger partial charge is 0.511 e. The number of hydrogen-bond acceptors (Lipinski definition) is 5. The molecule has 2 saturated carbocycles. The van der Waals surface area contributed by atoms with E-state index in [-0.39, 0.29) is 41.3 Å². The fraction of sp³-hybridized carbons (Fsp3) is 0.769. The minimum atomic E-state index is -1.15. The van der Waals surface area contributed by atoms with Crippen molar-refractivity contribution in [2.45, 2.75) is 92.8 Å². The van der Waals surface area contributed by atoms with E-state index in [9.17, 15) is 24.9 Å². The fourth-order valence-corrected chi connectivity index (χ4v) is 7.13. The lowest BCUT2D eigenvalue weighted by atomic mass is 9.61. The van der Waals surface area contributed by atoms with Crippen LogP contribution in [0.2, 0.25) is 0 Å². The zero-order valence-electron chi connectivity index (χ0n) is 20.4. The first-order valence-corrected chi connectivity index (χ1v) is 11.6. The molecule has 0 saturated heterocycles. The summed E-state index contributed by atoms with van der Waals surface area (Å²) in [7, 11) is 0. The third kappa shape index (κ3) is 3.26. The van der Waals surface area contributed by atoms with Crippen molar-refractivity contribution in [3.63, 3.8) is 0 Å². The Bertz CT molecular complexity index is 852. The maximum Gasteiger partial charge on any atom is 0.178 e. The van der Waals surface area contributed by atoms with Crippen molar-refractivity contribution in [3.8, 4) is 0 Å². The molecule has 3 aliphatic rings. The monoisotopic (exact) mass is 432 g/mol. The molecule has 0 heterocycles. The third-order valence-corrected chi connectivity index (χ3v) is 8.50. The van der Waals surface area contributed by atoms with Crippen LogP contribution in [0.3, 0.4) is 0 Å². The maximum atomic E-state index is 14.0. The molecule has 31 heavy (non-hydrogen) atoms. The Labute approximate surface area is 186 Å². The molecular formula is C26H40O5. The summed E-state index contributed by atoms with van der Waals surface area (Å²) < 4.78 is 0. The van der Waals surface area contributed by atoms with Crippen LogP contribution in [0.5, 0.6) is 0 Å². The molecule has 1 spiro atoms. The van der Waals surface area contributed by atoms with E-state index in [2.05, 4.69) is 13.8 Å². The molecule has 3 rings (SSSR count). The third-order valence-electron chi connectivity index (χ3n) is 8.50. The van der Waals surface area contributed by atoms with E-state index in [1.165, 1.54) is 0 Å². The van der Waals surface area contributed by atoms with Crippen molar-refractivity contribution in [1.29, 1.82) is 0 Å². The molecule has 2 fully saturated rings. The molecule has 2 unspecified atom stereocenters. The summed E-state index contributed by atoms with van der Waals surface area (Å²) in [5.74, 6) is -1.38. The summed E-state index contributed by atoms with van der Waals surface area (Å²) in [6, 6.07) is 0. The summed E-state index contributed by atoms with van der Waals surface area (Å²) >= 11 is 0. The van der Waals surface area contributed by atoms with Gasteiger partial charge in [0, 0.05) is 6.42 Å². The van der Waals surface area contributed by atoms with Gasteiger partial charge in [0.1, 0.15) is 5.76 Å². The molecule has 0 aromatic carbocycles. The first-order chi connectivity index (χ1) is 14.0. The van der Waals surface area contributed by atoms with E-state index in [1.807, 2.05) is 33.8 Å². The second-order valence-corrected chi connectivity index (χ2v) is 12.1. The van der Waals surface area contributed by atoms with E-state index in [1.54, 1.807) is 13.8 Å². The van der Waals surface area contributed by atoms with Crippen LogP contribution in [0.25, 0.3) is 0 Å². The Kier molecular flexibility index (Phi) is 5.68. The summed E-state index contributed by atoms with van der Waals surface area (Å²) in [5, 5.41) is 34.1. The van der Waals surface area contributed by atoms with Crippen molar-refractivity contribution in [2.75, 3.05) is 0 Å². The molecule has 0 aromatic heterocycles. The van der Waals surface area contributed by atoms with E-state index in [0.29, 0.717) is 19.3 Å². The normalized spacial score (nSPS) is 36.7. The first-order valence-electron chi connectivity index (χ1n) is 11.6. The molecule has 5 atom stereocenters. The van der Waals surface area contributed by atoms with Gasteiger partial charge in [-0.15, -0.1) is 0 Å². The summed E-state index contributed by atoms with van der Waals surface area (Å²) in [5.41, 5.74) is -2.72. The van der Waals surface area contributed by atoms with Gasteiger partial charge in [-0.05, 0) is 70.1 Å². The van der Waals surface area contributed by atoms with E-state index < -0.39 is 33.7 Å². The number of aliphatic hydroxyl groups excluding tert-OH is 2. The van der Waals surface area contributed by atoms with Gasteiger partial charge >= 0.3 is 0 Å². The number of Topliss-reactive ketones (excluding diaryl/α,β-unsaturated/α-hetero) is 2. The molecule has 5 nitrogen and oxygen atoms in total. The minimum Gasteiger partial charge on any atom is -0.511 e. The molecule has 3 N–H and O–H groups in total. The lowest BCUT2D eigenvalue weighted by molar-refractivity contribution is -0.141. The van der Waals surface area contributed by atoms with Crippen LogP contribution in [0, 0.1) is 34.0 Å². The highest BCUT2D eigenvalue weighted by Crippen LogP contribution is 2.74. The van der Waals surface area contributed by atoms with Gasteiger partial charge in [0.05, 0.1) is 28.1 Å². The maximum absolute atomic E-state index is 14.0. The van der Waals surface area contributed by atoms with Gasteiger partial charge < -0.3 is 15.3 Å². The standard InChI is InChI=1S/C26H40O5/c1-14(2)9-10-25-12-18-23(5,6)17(24(7,8)31)13-26(18,22(25)30)21(29)19(20(25)28)16(27)11-15(3)4/h9,15,17-18,22,28,30-31H,10-13H2,1-8H3/t17-,18-,22?,25?,26+/m0/s1. The average Bonchev–Trinajstić information content (AvgIpc) is 2.97. The number of fused-ring (bicyclic) bond motifs is 1. The van der Waals surface area contributed by atoms with Gasteiger partial charge in [0.15, 0.2) is 11.6 Å². The highest BCUT2D eigenvalue weighted by Gasteiger charge is 2.77. The number of aliphatic hydroxyl groups is 3. The van der Waals surface area contributed by atoms with Crippen molar-refractivity contribution in [3.05, 3.63) is 23.0 Å². The molecule has 0 aliphatic heterocycles. The van der Waals surface area contributed by atoms with Crippen LogP contribution < -0.4 is 0 Å². The fourth-order valence-electron chi connectivity index (χ4n) is 7.13. The lowest BCUT2D eigenvalue weighted by Crippen LogP contribution is -2.53. The number of rotatable bonds is 6. The molecule has 2 bridgehead atoms. The Morgan fingerprint density at radius 2 is 1.81 bits per heavy atom. The average molecular weight is 433 g/mol. The Hall–Kier alpha value is -1.46. The quantitative estimate of drug-likeness (QED) is 0.424. The smallest absolute Gasteiger partial charge is 0.178 e. The van der Waals surface area contributed by atoms with Crippen molar-refractivity contribution in [1.82, 2.24) is 0 Å². The zero-order chi connectivity index (χ0) is 23.7. The molecule has 0 radical (unpaired) electrons. The predicted molar refractivity (Wildman–Crippen MR) is 120 cm³/mol. The molecule has 0 amide bonds. The van der Waals surface area contributed by atoms with Gasteiger partial charge in [-0.2, -0.15) is 0 Å². The number of carbonyl (C=O) groups excluding carboxylic acids is 2. The van der Waals surface area contributed by atoms with Gasteiger partial charge in [-0.1, -0.05) is 39.3 Å². The predicted octanol–water partition coefficient (Wildman–Crippen LogP) is 4.52. The second-order valence-electron chi connectivity index (χ2n) is 12.1. The van der Waals surface area contributed by atoms with Crippen molar-refractivity contribution < 1.29 is 24.9 Å². The van der Waals surface area contributed by atoms with Crippen molar-refractivity contribution in [2.24, 2.45) is 34.0 Å². The first kappa shape index (κ1) is 24.2. The number of ketones is 2. The lowest BCUT2D eigenvalue weighted by Gasteiger charge is -2.44. The number of allylic oxidation sites excluding steroid dienone is 3. The van der Waals surface area contributed by atoms with Crippen LogP contribution >= 0.6 is 0 Å². The summed E-state index contributed by atoms with van der Waals surface area (Å²) in [6.07, 6.45) is 2.20. The van der Waals surface area contributed by atoms with Gasteiger partial charge in [-0.25, -0.2) is 0 Å². The molecule has 0 aromatic rings. The van der Waals surface area contributed by atoms with Gasteiger partial charge in [-0.3, -0.25) is 9.59 Å². The Balaban J connectivity index is 2.25. The van der Waals surface area contributed by atoms with Crippen LogP contribution in [0.15, 0.2) is 23.0 Å². The van der Waals surface area contributed by atoms with Crippen LogP contribution in [-0.2, 0) is 9.59 Å². The molecule has 3 aliphatic carbocycles. The van der Waals surface area contributed by atoms with Crippen LogP contribution in [0.1, 0.15) is 81.1 Å². The van der Waals surface area contributed by atoms with Gasteiger partial charge in [0.25, 0.3) is 0 Å². The Morgan fingerprint density at radius 1 is 1.23 bits per heavy atom. The molecule has 5 heteroatoms. The van der Waals surface area contributed by atoms with E-state index in [4.69, 9.17) is 0 Å². The summed E-state index contributed by atoms with van der Waals surface area (Å²) in [4.78, 5) is 27.2. The van der Waals surface area contributed by atoms with Crippen molar-refractivity contribution >= 4 is 11.6 Å². The number of carbonyl (C=O) groups is 2. The van der Waals surface area contributed by atoms with Crippen LogP contribution in [-0.4, -0.2) is 38.6 Å². The zero-order valence-corrected chi connectivity index (χ0v) is 20.4.